The van der Waals surface area contributed by atoms with Crippen molar-refractivity contribution in [3.63, 3.8) is 0 Å². The third-order valence-corrected chi connectivity index (χ3v) is 3.77. The molecule has 1 N–H and O–H groups in total. The summed E-state index contributed by atoms with van der Waals surface area (Å²) in [5.74, 6) is 0.950. The number of ether oxygens (including phenoxy) is 1. The molecule has 0 aliphatic heterocycles. The molecule has 0 bridgehead atoms. The van der Waals surface area contributed by atoms with Gasteiger partial charge in [-0.3, -0.25) is 4.98 Å². The van der Waals surface area contributed by atoms with Gasteiger partial charge >= 0.3 is 0 Å². The second-order valence-corrected chi connectivity index (χ2v) is 5.47. The summed E-state index contributed by atoms with van der Waals surface area (Å²) >= 11 is 0. The van der Waals surface area contributed by atoms with E-state index < -0.39 is 0 Å². The molecule has 0 aromatic carbocycles. The van der Waals surface area contributed by atoms with Crippen LogP contribution in [0.25, 0.3) is 0 Å². The Bertz CT molecular complexity index is 409. The van der Waals surface area contributed by atoms with Crippen molar-refractivity contribution in [2.45, 2.75) is 51.7 Å². The average Bonchev–Trinajstić information content (AvgIpc) is 3.30. The van der Waals surface area contributed by atoms with Crippen molar-refractivity contribution in [2.24, 2.45) is 0 Å². The number of methoxy groups -OCH3 is 1. The molecule has 1 unspecified atom stereocenters. The van der Waals surface area contributed by atoms with E-state index in [1.54, 1.807) is 7.11 Å². The molecule has 1 aliphatic carbocycles. The first-order valence-electron chi connectivity index (χ1n) is 7.54. The van der Waals surface area contributed by atoms with Gasteiger partial charge in [0.15, 0.2) is 0 Å². The first-order chi connectivity index (χ1) is 9.74. The summed E-state index contributed by atoms with van der Waals surface area (Å²) in [6.45, 7) is 6.77. The van der Waals surface area contributed by atoms with E-state index in [1.807, 2.05) is 12.4 Å². The lowest BCUT2D eigenvalue weighted by atomic mass is 10.2. The topological polar surface area (TPSA) is 50.3 Å². The lowest BCUT2D eigenvalue weighted by molar-refractivity contribution is 0.203. The molecule has 2 rings (SSSR count). The molecule has 1 fully saturated rings. The SMILES string of the molecule is CCC(C)N(CCOC)c1cncc(CNC2CC2)n1. The van der Waals surface area contributed by atoms with Crippen LogP contribution in [0.15, 0.2) is 12.4 Å². The number of nitrogens with zero attached hydrogens (tertiary/aromatic N) is 3. The summed E-state index contributed by atoms with van der Waals surface area (Å²) in [7, 11) is 1.73. The van der Waals surface area contributed by atoms with Gasteiger partial charge in [-0.25, -0.2) is 4.98 Å². The standard InChI is InChI=1S/C15H26N4O/c1-4-12(2)19(7-8-20-3)15-11-16-9-14(18-15)10-17-13-5-6-13/h9,11-13,17H,4-8,10H2,1-3H3. The van der Waals surface area contributed by atoms with Crippen LogP contribution in [0.4, 0.5) is 5.82 Å². The summed E-state index contributed by atoms with van der Waals surface area (Å²) in [6, 6.07) is 1.13. The van der Waals surface area contributed by atoms with Crippen molar-refractivity contribution in [3.8, 4) is 0 Å². The van der Waals surface area contributed by atoms with Gasteiger partial charge < -0.3 is 15.0 Å². The summed E-state index contributed by atoms with van der Waals surface area (Å²) in [5.41, 5.74) is 1.01. The van der Waals surface area contributed by atoms with E-state index in [9.17, 15) is 0 Å². The van der Waals surface area contributed by atoms with Crippen LogP contribution in [-0.2, 0) is 11.3 Å². The molecule has 1 aromatic heterocycles. The van der Waals surface area contributed by atoms with Crippen molar-refractivity contribution in [1.82, 2.24) is 15.3 Å². The Balaban J connectivity index is 2.03. The van der Waals surface area contributed by atoms with Crippen LogP contribution >= 0.6 is 0 Å². The fraction of sp³-hybridized carbons (Fsp3) is 0.733. The average molecular weight is 278 g/mol. The molecule has 20 heavy (non-hydrogen) atoms. The Hall–Kier alpha value is -1.20. The van der Waals surface area contributed by atoms with Crippen LogP contribution in [0, 0.1) is 0 Å². The van der Waals surface area contributed by atoms with E-state index in [0.717, 1.165) is 31.0 Å². The third kappa shape index (κ3) is 4.42. The van der Waals surface area contributed by atoms with E-state index in [1.165, 1.54) is 12.8 Å². The fourth-order valence-corrected chi connectivity index (χ4v) is 2.13. The smallest absolute Gasteiger partial charge is 0.147 e. The summed E-state index contributed by atoms with van der Waals surface area (Å²) in [4.78, 5) is 11.4. The highest BCUT2D eigenvalue weighted by Crippen LogP contribution is 2.19. The molecule has 1 saturated carbocycles. The maximum absolute atomic E-state index is 5.20. The zero-order valence-corrected chi connectivity index (χ0v) is 12.8. The minimum atomic E-state index is 0.436. The van der Waals surface area contributed by atoms with Crippen molar-refractivity contribution in [2.75, 3.05) is 25.2 Å². The number of hydrogen-bond acceptors (Lipinski definition) is 5. The largest absolute Gasteiger partial charge is 0.383 e. The predicted octanol–water partition coefficient (Wildman–Crippen LogP) is 1.98. The molecule has 0 spiro atoms. The second-order valence-electron chi connectivity index (χ2n) is 5.47. The van der Waals surface area contributed by atoms with Crippen LogP contribution in [0.3, 0.4) is 0 Å². The van der Waals surface area contributed by atoms with E-state index in [2.05, 4.69) is 29.0 Å². The first kappa shape index (κ1) is 15.2. The van der Waals surface area contributed by atoms with E-state index in [-0.39, 0.29) is 0 Å². The van der Waals surface area contributed by atoms with Crippen LogP contribution in [0.5, 0.6) is 0 Å². The van der Waals surface area contributed by atoms with Gasteiger partial charge in [-0.15, -0.1) is 0 Å². The maximum atomic E-state index is 5.20. The van der Waals surface area contributed by atoms with Gasteiger partial charge in [0, 0.05) is 38.5 Å². The Morgan fingerprint density at radius 3 is 2.90 bits per heavy atom. The summed E-state index contributed by atoms with van der Waals surface area (Å²) in [5, 5.41) is 3.48. The fourth-order valence-electron chi connectivity index (χ4n) is 2.13. The number of rotatable bonds is 9. The minimum Gasteiger partial charge on any atom is -0.383 e. The highest BCUT2D eigenvalue weighted by Gasteiger charge is 2.20. The number of aromatic nitrogens is 2. The number of nitrogens with one attached hydrogen (secondary N) is 1. The molecule has 1 atom stereocenters. The van der Waals surface area contributed by atoms with Gasteiger partial charge in [-0.2, -0.15) is 0 Å². The van der Waals surface area contributed by atoms with Gasteiger partial charge in [0.2, 0.25) is 0 Å². The van der Waals surface area contributed by atoms with Gasteiger partial charge in [-0.1, -0.05) is 6.92 Å². The van der Waals surface area contributed by atoms with E-state index >= 15 is 0 Å². The van der Waals surface area contributed by atoms with Crippen molar-refractivity contribution >= 4 is 5.82 Å². The van der Waals surface area contributed by atoms with Crippen molar-refractivity contribution in [3.05, 3.63) is 18.1 Å². The molecule has 1 heterocycles. The molecule has 112 valence electrons. The van der Waals surface area contributed by atoms with Gasteiger partial charge in [0.25, 0.3) is 0 Å². The normalized spacial score (nSPS) is 16.1. The summed E-state index contributed by atoms with van der Waals surface area (Å²) < 4.78 is 5.20. The Morgan fingerprint density at radius 1 is 1.45 bits per heavy atom. The first-order valence-corrected chi connectivity index (χ1v) is 7.54. The molecule has 1 aliphatic rings. The second kappa shape index (κ2) is 7.55. The molecule has 5 heteroatoms. The Kier molecular flexibility index (Phi) is 5.73. The molecule has 5 nitrogen and oxygen atoms in total. The molecule has 0 radical (unpaired) electrons. The number of anilines is 1. The molecule has 0 saturated heterocycles. The zero-order chi connectivity index (χ0) is 14.4. The lowest BCUT2D eigenvalue weighted by Gasteiger charge is -2.29. The Morgan fingerprint density at radius 2 is 2.25 bits per heavy atom. The van der Waals surface area contributed by atoms with E-state index in [4.69, 9.17) is 9.72 Å². The van der Waals surface area contributed by atoms with Crippen molar-refractivity contribution < 1.29 is 4.74 Å². The van der Waals surface area contributed by atoms with Gasteiger partial charge in [0.1, 0.15) is 5.82 Å². The Labute approximate surface area is 121 Å². The van der Waals surface area contributed by atoms with Crippen LogP contribution < -0.4 is 10.2 Å². The predicted molar refractivity (Wildman–Crippen MR) is 80.9 cm³/mol. The highest BCUT2D eigenvalue weighted by molar-refractivity contribution is 5.37. The zero-order valence-electron chi connectivity index (χ0n) is 12.8. The highest BCUT2D eigenvalue weighted by atomic mass is 16.5. The molecule has 1 aromatic rings. The maximum Gasteiger partial charge on any atom is 0.147 e. The molecular formula is C15H26N4O. The molecule has 0 amide bonds. The summed E-state index contributed by atoms with van der Waals surface area (Å²) in [6.07, 6.45) is 7.36. The third-order valence-electron chi connectivity index (χ3n) is 3.77. The van der Waals surface area contributed by atoms with Crippen LogP contribution in [0.2, 0.25) is 0 Å². The number of hydrogen-bond donors (Lipinski definition) is 1. The van der Waals surface area contributed by atoms with Gasteiger partial charge in [-0.05, 0) is 26.2 Å². The van der Waals surface area contributed by atoms with Crippen molar-refractivity contribution in [1.29, 1.82) is 0 Å². The van der Waals surface area contributed by atoms with Crippen LogP contribution in [-0.4, -0.2) is 42.3 Å². The van der Waals surface area contributed by atoms with Gasteiger partial charge in [0.05, 0.1) is 18.5 Å². The molecular weight excluding hydrogens is 252 g/mol. The lowest BCUT2D eigenvalue weighted by Crippen LogP contribution is -2.36. The monoisotopic (exact) mass is 278 g/mol. The van der Waals surface area contributed by atoms with Crippen LogP contribution in [0.1, 0.15) is 38.8 Å². The minimum absolute atomic E-state index is 0.436. The van der Waals surface area contributed by atoms with E-state index in [0.29, 0.717) is 18.7 Å². The quantitative estimate of drug-likeness (QED) is 0.748.